The van der Waals surface area contributed by atoms with E-state index in [9.17, 15) is 0 Å². The lowest BCUT2D eigenvalue weighted by atomic mass is 9.99. The maximum Gasteiger partial charge on any atom is 0.0239 e. The van der Waals surface area contributed by atoms with Crippen LogP contribution in [0.3, 0.4) is 0 Å². The second-order valence-electron chi connectivity index (χ2n) is 5.95. The summed E-state index contributed by atoms with van der Waals surface area (Å²) in [6.45, 7) is 6.58. The van der Waals surface area contributed by atoms with Crippen LogP contribution >= 0.6 is 0 Å². The smallest absolute Gasteiger partial charge is 0.0239 e. The van der Waals surface area contributed by atoms with Crippen LogP contribution in [0.5, 0.6) is 0 Å². The number of hydrogen-bond donors (Lipinski definition) is 1. The van der Waals surface area contributed by atoms with Gasteiger partial charge in [0.25, 0.3) is 0 Å². The molecule has 0 saturated carbocycles. The van der Waals surface area contributed by atoms with Gasteiger partial charge in [0.05, 0.1) is 0 Å². The molecule has 1 N–H and O–H groups in total. The van der Waals surface area contributed by atoms with Crippen LogP contribution in [0.15, 0.2) is 54.6 Å². The van der Waals surface area contributed by atoms with Crippen molar-refractivity contribution in [3.05, 3.63) is 71.3 Å². The topological polar surface area (TPSA) is 15.3 Å². The maximum atomic E-state index is 3.58. The van der Waals surface area contributed by atoms with Crippen LogP contribution in [-0.4, -0.2) is 24.0 Å². The SMILES string of the molecule is C[C@H](CNCc1ccccc1)N1CCc2ccccc2C1. The minimum atomic E-state index is 0.571. The quantitative estimate of drug-likeness (QED) is 0.904. The molecule has 3 rings (SSSR count). The van der Waals surface area contributed by atoms with Crippen LogP contribution in [0.25, 0.3) is 0 Å². The van der Waals surface area contributed by atoms with E-state index >= 15 is 0 Å². The van der Waals surface area contributed by atoms with Gasteiger partial charge in [0.1, 0.15) is 0 Å². The summed E-state index contributed by atoms with van der Waals surface area (Å²) in [5.74, 6) is 0. The van der Waals surface area contributed by atoms with Gasteiger partial charge in [-0.15, -0.1) is 0 Å². The molecule has 0 amide bonds. The van der Waals surface area contributed by atoms with Crippen molar-refractivity contribution in [2.45, 2.75) is 32.5 Å². The van der Waals surface area contributed by atoms with Crippen molar-refractivity contribution in [3.63, 3.8) is 0 Å². The van der Waals surface area contributed by atoms with E-state index in [0.717, 1.165) is 19.6 Å². The van der Waals surface area contributed by atoms with Crippen molar-refractivity contribution in [1.82, 2.24) is 10.2 Å². The Kier molecular flexibility index (Phi) is 4.69. The summed E-state index contributed by atoms with van der Waals surface area (Å²) in [5.41, 5.74) is 4.38. The van der Waals surface area contributed by atoms with Gasteiger partial charge in [-0.05, 0) is 30.0 Å². The molecule has 1 heterocycles. The van der Waals surface area contributed by atoms with Gasteiger partial charge in [-0.3, -0.25) is 4.90 Å². The van der Waals surface area contributed by atoms with E-state index in [4.69, 9.17) is 0 Å². The van der Waals surface area contributed by atoms with E-state index in [1.54, 1.807) is 0 Å². The average Bonchev–Trinajstić information content (AvgIpc) is 2.55. The number of rotatable bonds is 5. The summed E-state index contributed by atoms with van der Waals surface area (Å²) in [7, 11) is 0. The van der Waals surface area contributed by atoms with Gasteiger partial charge >= 0.3 is 0 Å². The van der Waals surface area contributed by atoms with Crippen molar-refractivity contribution in [3.8, 4) is 0 Å². The predicted octanol–water partition coefficient (Wildman–Crippen LogP) is 3.22. The van der Waals surface area contributed by atoms with Crippen molar-refractivity contribution >= 4 is 0 Å². The molecular formula is C19H24N2. The third-order valence-electron chi connectivity index (χ3n) is 4.40. The Labute approximate surface area is 127 Å². The fourth-order valence-electron chi connectivity index (χ4n) is 3.04. The minimum absolute atomic E-state index is 0.571. The highest BCUT2D eigenvalue weighted by Gasteiger charge is 2.19. The van der Waals surface area contributed by atoms with Crippen LogP contribution in [0.1, 0.15) is 23.6 Å². The van der Waals surface area contributed by atoms with Crippen molar-refractivity contribution in [2.75, 3.05) is 13.1 Å². The fraction of sp³-hybridized carbons (Fsp3) is 0.368. The first-order chi connectivity index (χ1) is 10.3. The zero-order chi connectivity index (χ0) is 14.5. The molecule has 2 aromatic rings. The third-order valence-corrected chi connectivity index (χ3v) is 4.40. The first kappa shape index (κ1) is 14.3. The first-order valence-corrected chi connectivity index (χ1v) is 7.88. The normalized spacial score (nSPS) is 16.4. The summed E-state index contributed by atoms with van der Waals surface area (Å²) in [6, 6.07) is 20.0. The average molecular weight is 280 g/mol. The second kappa shape index (κ2) is 6.88. The molecule has 2 heteroatoms. The molecule has 0 unspecified atom stereocenters. The molecule has 0 radical (unpaired) electrons. The molecule has 0 aliphatic carbocycles. The number of benzene rings is 2. The van der Waals surface area contributed by atoms with Crippen LogP contribution < -0.4 is 5.32 Å². The molecule has 0 bridgehead atoms. The van der Waals surface area contributed by atoms with E-state index in [0.29, 0.717) is 6.04 Å². The molecule has 1 aliphatic heterocycles. The van der Waals surface area contributed by atoms with Gasteiger partial charge < -0.3 is 5.32 Å². The molecule has 1 atom stereocenters. The monoisotopic (exact) mass is 280 g/mol. The predicted molar refractivity (Wildman–Crippen MR) is 88.2 cm³/mol. The van der Waals surface area contributed by atoms with E-state index in [1.807, 2.05) is 0 Å². The maximum absolute atomic E-state index is 3.58. The number of fused-ring (bicyclic) bond motifs is 1. The number of hydrogen-bond acceptors (Lipinski definition) is 2. The number of nitrogens with zero attached hydrogens (tertiary/aromatic N) is 1. The third kappa shape index (κ3) is 3.72. The molecule has 0 aromatic heterocycles. The Morgan fingerprint density at radius 3 is 2.52 bits per heavy atom. The molecule has 1 aliphatic rings. The van der Waals surface area contributed by atoms with Crippen molar-refractivity contribution in [1.29, 1.82) is 0 Å². The van der Waals surface area contributed by atoms with E-state index in [2.05, 4.69) is 71.7 Å². The van der Waals surface area contributed by atoms with Crippen molar-refractivity contribution in [2.24, 2.45) is 0 Å². The van der Waals surface area contributed by atoms with E-state index in [-0.39, 0.29) is 0 Å². The zero-order valence-electron chi connectivity index (χ0n) is 12.8. The molecule has 2 nitrogen and oxygen atoms in total. The van der Waals surface area contributed by atoms with Gasteiger partial charge in [0, 0.05) is 32.2 Å². The Morgan fingerprint density at radius 1 is 1.00 bits per heavy atom. The highest BCUT2D eigenvalue weighted by Crippen LogP contribution is 2.19. The second-order valence-corrected chi connectivity index (χ2v) is 5.95. The van der Waals surface area contributed by atoms with Crippen LogP contribution in [-0.2, 0) is 19.5 Å². The lowest BCUT2D eigenvalue weighted by Crippen LogP contribution is -2.42. The molecule has 0 fully saturated rings. The minimum Gasteiger partial charge on any atom is -0.311 e. The lowest BCUT2D eigenvalue weighted by Gasteiger charge is -2.33. The lowest BCUT2D eigenvalue weighted by molar-refractivity contribution is 0.186. The highest BCUT2D eigenvalue weighted by molar-refractivity contribution is 5.29. The van der Waals surface area contributed by atoms with Gasteiger partial charge in [-0.1, -0.05) is 54.6 Å². The summed E-state index contributed by atoms with van der Waals surface area (Å²) in [5, 5.41) is 3.58. The van der Waals surface area contributed by atoms with Gasteiger partial charge in [-0.25, -0.2) is 0 Å². The van der Waals surface area contributed by atoms with Gasteiger partial charge in [0.2, 0.25) is 0 Å². The Bertz CT molecular complexity index is 565. The largest absolute Gasteiger partial charge is 0.311 e. The molecule has 2 aromatic carbocycles. The molecule has 21 heavy (non-hydrogen) atoms. The summed E-state index contributed by atoms with van der Waals surface area (Å²) >= 11 is 0. The van der Waals surface area contributed by atoms with Gasteiger partial charge in [0.15, 0.2) is 0 Å². The van der Waals surface area contributed by atoms with Crippen LogP contribution in [0, 0.1) is 0 Å². The molecule has 0 spiro atoms. The molecule has 110 valence electrons. The van der Waals surface area contributed by atoms with Gasteiger partial charge in [-0.2, -0.15) is 0 Å². The Balaban J connectivity index is 1.49. The fourth-order valence-corrected chi connectivity index (χ4v) is 3.04. The van der Waals surface area contributed by atoms with E-state index in [1.165, 1.54) is 29.7 Å². The number of nitrogens with one attached hydrogen (secondary N) is 1. The summed E-state index contributed by atoms with van der Waals surface area (Å²) in [6.07, 6.45) is 1.18. The van der Waals surface area contributed by atoms with E-state index < -0.39 is 0 Å². The highest BCUT2D eigenvalue weighted by atomic mass is 15.2. The van der Waals surface area contributed by atoms with Crippen LogP contribution in [0.4, 0.5) is 0 Å². The van der Waals surface area contributed by atoms with Crippen LogP contribution in [0.2, 0.25) is 0 Å². The summed E-state index contributed by atoms with van der Waals surface area (Å²) in [4.78, 5) is 2.58. The molecular weight excluding hydrogens is 256 g/mol. The zero-order valence-corrected chi connectivity index (χ0v) is 12.8. The Morgan fingerprint density at radius 2 is 1.71 bits per heavy atom. The summed E-state index contributed by atoms with van der Waals surface area (Å²) < 4.78 is 0. The standard InChI is InChI=1S/C19H24N2/c1-16(13-20-14-17-7-3-2-4-8-17)21-12-11-18-9-5-6-10-19(18)15-21/h2-10,16,20H,11-15H2,1H3/t16-/m1/s1. The first-order valence-electron chi connectivity index (χ1n) is 7.88. The van der Waals surface area contributed by atoms with Crippen molar-refractivity contribution < 1.29 is 0 Å². The Hall–Kier alpha value is -1.64. The molecule has 0 saturated heterocycles.